The fourth-order valence-corrected chi connectivity index (χ4v) is 3.68. The highest BCUT2D eigenvalue weighted by Crippen LogP contribution is 2.25. The Bertz CT molecular complexity index is 585. The van der Waals surface area contributed by atoms with E-state index < -0.39 is 0 Å². The number of hydrogen-bond acceptors (Lipinski definition) is 3. The third-order valence-corrected chi connectivity index (χ3v) is 5.18. The summed E-state index contributed by atoms with van der Waals surface area (Å²) in [5.41, 5.74) is 1.71. The van der Waals surface area contributed by atoms with Crippen molar-refractivity contribution < 1.29 is 9.59 Å². The molecule has 2 aliphatic rings. The van der Waals surface area contributed by atoms with E-state index in [0.29, 0.717) is 24.7 Å². The zero-order valence-corrected chi connectivity index (χ0v) is 15.6. The van der Waals surface area contributed by atoms with E-state index in [9.17, 15) is 9.59 Å². The molecule has 0 spiro atoms. The molecule has 2 heterocycles. The summed E-state index contributed by atoms with van der Waals surface area (Å²) >= 11 is 0. The first-order chi connectivity index (χ1) is 11.6. The lowest BCUT2D eigenvalue weighted by molar-refractivity contribution is -0.118. The number of halogens is 1. The first-order valence-electron chi connectivity index (χ1n) is 9.04. The molecule has 2 amide bonds. The second-order valence-corrected chi connectivity index (χ2v) is 7.03. The Labute approximate surface area is 155 Å². The van der Waals surface area contributed by atoms with Crippen LogP contribution in [0.5, 0.6) is 0 Å². The summed E-state index contributed by atoms with van der Waals surface area (Å²) in [5.74, 6) is 1.23. The topological polar surface area (TPSA) is 61.4 Å². The lowest BCUT2D eigenvalue weighted by atomic mass is 9.85. The fourth-order valence-electron chi connectivity index (χ4n) is 3.68. The van der Waals surface area contributed by atoms with Gasteiger partial charge >= 0.3 is 0 Å². The van der Waals surface area contributed by atoms with Gasteiger partial charge in [-0.2, -0.15) is 0 Å². The van der Waals surface area contributed by atoms with Crippen LogP contribution in [0, 0.1) is 11.8 Å². The SMILES string of the molecule is CC(CC(=O)Nc1ccc(N2CCCC2=O)cc1)C1CCCNC1.Cl. The third-order valence-electron chi connectivity index (χ3n) is 5.18. The van der Waals surface area contributed by atoms with Crippen molar-refractivity contribution in [2.75, 3.05) is 29.9 Å². The van der Waals surface area contributed by atoms with Crippen molar-refractivity contribution in [1.82, 2.24) is 5.32 Å². The lowest BCUT2D eigenvalue weighted by Gasteiger charge is -2.28. The van der Waals surface area contributed by atoms with Crippen LogP contribution in [-0.4, -0.2) is 31.4 Å². The molecule has 0 radical (unpaired) electrons. The summed E-state index contributed by atoms with van der Waals surface area (Å²) in [4.78, 5) is 25.8. The standard InChI is InChI=1S/C19H27N3O2.ClH/c1-14(15-4-2-10-20-13-15)12-18(23)21-16-6-8-17(9-7-16)22-11-3-5-19(22)24;/h6-9,14-15,20H,2-5,10-13H2,1H3,(H,21,23);1H. The number of rotatable bonds is 5. The largest absolute Gasteiger partial charge is 0.326 e. The second-order valence-electron chi connectivity index (χ2n) is 7.03. The van der Waals surface area contributed by atoms with Gasteiger partial charge in [-0.1, -0.05) is 6.92 Å². The number of carbonyl (C=O) groups is 2. The Balaban J connectivity index is 0.00000225. The molecule has 6 heteroatoms. The van der Waals surface area contributed by atoms with E-state index in [1.807, 2.05) is 29.2 Å². The zero-order valence-electron chi connectivity index (χ0n) is 14.8. The van der Waals surface area contributed by atoms with Gasteiger partial charge in [0.25, 0.3) is 0 Å². The molecule has 138 valence electrons. The van der Waals surface area contributed by atoms with Crippen LogP contribution in [0.15, 0.2) is 24.3 Å². The molecular formula is C19H28ClN3O2. The van der Waals surface area contributed by atoms with Crippen molar-refractivity contribution in [1.29, 1.82) is 0 Å². The van der Waals surface area contributed by atoms with Crippen LogP contribution in [-0.2, 0) is 9.59 Å². The van der Waals surface area contributed by atoms with Crippen molar-refractivity contribution in [2.24, 2.45) is 11.8 Å². The predicted molar refractivity (Wildman–Crippen MR) is 103 cm³/mol. The van der Waals surface area contributed by atoms with Crippen molar-refractivity contribution in [3.8, 4) is 0 Å². The molecule has 0 aliphatic carbocycles. The minimum atomic E-state index is 0. The monoisotopic (exact) mass is 365 g/mol. The highest BCUT2D eigenvalue weighted by molar-refractivity contribution is 5.96. The maximum Gasteiger partial charge on any atom is 0.227 e. The summed E-state index contributed by atoms with van der Waals surface area (Å²) in [7, 11) is 0. The van der Waals surface area contributed by atoms with E-state index in [2.05, 4.69) is 17.6 Å². The third kappa shape index (κ3) is 5.19. The summed E-state index contributed by atoms with van der Waals surface area (Å²) in [6, 6.07) is 7.58. The predicted octanol–water partition coefficient (Wildman–Crippen LogP) is 3.20. The maximum absolute atomic E-state index is 12.3. The van der Waals surface area contributed by atoms with Gasteiger partial charge < -0.3 is 15.5 Å². The number of carbonyl (C=O) groups excluding carboxylic acids is 2. The Morgan fingerprint density at radius 1 is 1.32 bits per heavy atom. The molecule has 3 rings (SSSR count). The molecule has 1 aromatic carbocycles. The molecule has 2 N–H and O–H groups in total. The molecule has 0 bridgehead atoms. The molecule has 0 saturated carbocycles. The van der Waals surface area contributed by atoms with Crippen molar-refractivity contribution >= 4 is 35.6 Å². The molecule has 2 aliphatic heterocycles. The maximum atomic E-state index is 12.3. The highest BCUT2D eigenvalue weighted by Gasteiger charge is 2.23. The van der Waals surface area contributed by atoms with Crippen LogP contribution < -0.4 is 15.5 Å². The van der Waals surface area contributed by atoms with Crippen molar-refractivity contribution in [2.45, 2.75) is 39.0 Å². The van der Waals surface area contributed by atoms with Crippen LogP contribution in [0.3, 0.4) is 0 Å². The summed E-state index contributed by atoms with van der Waals surface area (Å²) in [6.45, 7) is 5.07. The normalized spacial score (nSPS) is 21.6. The van der Waals surface area contributed by atoms with Crippen LogP contribution in [0.25, 0.3) is 0 Å². The van der Waals surface area contributed by atoms with Gasteiger partial charge in [0.15, 0.2) is 0 Å². The van der Waals surface area contributed by atoms with Crippen LogP contribution in [0.2, 0.25) is 0 Å². The Hall–Kier alpha value is -1.59. The summed E-state index contributed by atoms with van der Waals surface area (Å²) in [5, 5.41) is 6.39. The highest BCUT2D eigenvalue weighted by atomic mass is 35.5. The first kappa shape index (κ1) is 19.7. The number of piperidine rings is 1. The van der Waals surface area contributed by atoms with Crippen LogP contribution >= 0.6 is 12.4 Å². The fraction of sp³-hybridized carbons (Fsp3) is 0.579. The number of nitrogens with one attached hydrogen (secondary N) is 2. The van der Waals surface area contributed by atoms with E-state index >= 15 is 0 Å². The van der Waals surface area contributed by atoms with Crippen LogP contribution in [0.4, 0.5) is 11.4 Å². The van der Waals surface area contributed by atoms with Gasteiger partial charge in [-0.25, -0.2) is 0 Å². The zero-order chi connectivity index (χ0) is 16.9. The van der Waals surface area contributed by atoms with E-state index in [4.69, 9.17) is 0 Å². The minimum absolute atomic E-state index is 0. The average molecular weight is 366 g/mol. The number of anilines is 2. The van der Waals surface area contributed by atoms with E-state index in [1.165, 1.54) is 12.8 Å². The van der Waals surface area contributed by atoms with E-state index in [0.717, 1.165) is 37.4 Å². The molecule has 2 saturated heterocycles. The van der Waals surface area contributed by atoms with E-state index in [-0.39, 0.29) is 24.2 Å². The van der Waals surface area contributed by atoms with Crippen molar-refractivity contribution in [3.63, 3.8) is 0 Å². The van der Waals surface area contributed by atoms with Gasteiger partial charge in [0, 0.05) is 30.8 Å². The summed E-state index contributed by atoms with van der Waals surface area (Å²) in [6.07, 6.45) is 4.52. The smallest absolute Gasteiger partial charge is 0.227 e. The van der Waals surface area contributed by atoms with Gasteiger partial charge in [0.1, 0.15) is 0 Å². The Morgan fingerprint density at radius 3 is 2.68 bits per heavy atom. The molecule has 5 nitrogen and oxygen atoms in total. The molecule has 2 atom stereocenters. The summed E-state index contributed by atoms with van der Waals surface area (Å²) < 4.78 is 0. The molecule has 1 aromatic rings. The van der Waals surface area contributed by atoms with E-state index in [1.54, 1.807) is 0 Å². The van der Waals surface area contributed by atoms with Gasteiger partial charge in [-0.3, -0.25) is 9.59 Å². The molecular weight excluding hydrogens is 338 g/mol. The first-order valence-corrected chi connectivity index (χ1v) is 9.04. The minimum Gasteiger partial charge on any atom is -0.326 e. The van der Waals surface area contributed by atoms with Gasteiger partial charge in [0.2, 0.25) is 11.8 Å². The quantitative estimate of drug-likeness (QED) is 0.842. The average Bonchev–Trinajstić information content (AvgIpc) is 3.02. The van der Waals surface area contributed by atoms with Gasteiger partial charge in [-0.05, 0) is 68.5 Å². The molecule has 0 aromatic heterocycles. The molecule has 2 fully saturated rings. The van der Waals surface area contributed by atoms with Crippen LogP contribution in [0.1, 0.15) is 39.0 Å². The van der Waals surface area contributed by atoms with Gasteiger partial charge in [0.05, 0.1) is 0 Å². The Morgan fingerprint density at radius 2 is 2.08 bits per heavy atom. The number of benzene rings is 1. The molecule has 25 heavy (non-hydrogen) atoms. The molecule has 2 unspecified atom stereocenters. The lowest BCUT2D eigenvalue weighted by Crippen LogP contribution is -2.34. The number of nitrogens with zero attached hydrogens (tertiary/aromatic N) is 1. The number of hydrogen-bond donors (Lipinski definition) is 2. The Kier molecular flexibility index (Phi) is 7.26. The second kappa shape index (κ2) is 9.20. The number of amides is 2. The van der Waals surface area contributed by atoms with Gasteiger partial charge in [-0.15, -0.1) is 12.4 Å². The van der Waals surface area contributed by atoms with Crippen molar-refractivity contribution in [3.05, 3.63) is 24.3 Å².